The summed E-state index contributed by atoms with van der Waals surface area (Å²) in [6.45, 7) is 4.24. The van der Waals surface area contributed by atoms with E-state index in [1.54, 1.807) is 41.6 Å². The number of rotatable bonds is 11. The molecule has 5 atom stereocenters. The molecule has 0 aliphatic carbocycles. The van der Waals surface area contributed by atoms with Gasteiger partial charge in [-0.15, -0.1) is 0 Å². The molecule has 14 nitrogen and oxygen atoms in total. The van der Waals surface area contributed by atoms with Gasteiger partial charge in [-0.1, -0.05) is 92.7 Å². The van der Waals surface area contributed by atoms with Crippen LogP contribution in [0.25, 0.3) is 44.4 Å². The number of carbonyl (C=O) groups is 4. The number of likely N-dealkylation sites (tertiary alicyclic amines) is 2. The Hall–Kier alpha value is -7.03. The number of aromatic nitrogens is 4. The van der Waals surface area contributed by atoms with Gasteiger partial charge in [0.2, 0.25) is 5.91 Å². The normalized spacial score (nSPS) is 18.5. The predicted molar refractivity (Wildman–Crippen MR) is 231 cm³/mol. The Morgan fingerprint density at radius 3 is 1.95 bits per heavy atom. The number of hydrogen-bond donors (Lipinski definition) is 4. The van der Waals surface area contributed by atoms with E-state index >= 15 is 0 Å². The quantitative estimate of drug-likeness (QED) is 0.101. The molecule has 8 rings (SSSR count). The van der Waals surface area contributed by atoms with Crippen LogP contribution in [0.15, 0.2) is 103 Å². The number of alkyl carbamates (subject to hydrolysis) is 2. The van der Waals surface area contributed by atoms with Gasteiger partial charge in [-0.3, -0.25) is 9.59 Å². The Kier molecular flexibility index (Phi) is 12.0. The second kappa shape index (κ2) is 17.9. The summed E-state index contributed by atoms with van der Waals surface area (Å²) in [5.41, 5.74) is 6.04. The number of fused-ring (bicyclic) bond motifs is 1. The zero-order chi connectivity index (χ0) is 43.5. The van der Waals surface area contributed by atoms with Crippen molar-refractivity contribution in [1.29, 1.82) is 0 Å². The largest absolute Gasteiger partial charge is 0.453 e. The molecule has 4 heterocycles. The highest BCUT2D eigenvalue weighted by atomic mass is 19.1. The first-order valence-corrected chi connectivity index (χ1v) is 20.7. The third kappa shape index (κ3) is 8.60. The Morgan fingerprint density at radius 2 is 1.29 bits per heavy atom. The van der Waals surface area contributed by atoms with E-state index in [1.165, 1.54) is 19.1 Å². The van der Waals surface area contributed by atoms with Crippen molar-refractivity contribution in [2.45, 2.75) is 63.4 Å². The van der Waals surface area contributed by atoms with Crippen molar-refractivity contribution in [3.05, 3.63) is 121 Å². The van der Waals surface area contributed by atoms with Crippen molar-refractivity contribution < 1.29 is 33.0 Å². The van der Waals surface area contributed by atoms with E-state index in [4.69, 9.17) is 14.5 Å². The van der Waals surface area contributed by atoms with Gasteiger partial charge in [0.25, 0.3) is 5.91 Å². The number of aromatic amines is 2. The molecule has 0 radical (unpaired) electrons. The molecule has 15 heteroatoms. The van der Waals surface area contributed by atoms with Gasteiger partial charge in [-0.2, -0.15) is 0 Å². The Bertz CT molecular complexity index is 2580. The molecule has 320 valence electrons. The van der Waals surface area contributed by atoms with Gasteiger partial charge in [0.15, 0.2) is 0 Å². The molecule has 0 spiro atoms. The number of carbonyl (C=O) groups excluding carboxylic acids is 4. The van der Waals surface area contributed by atoms with Crippen LogP contribution in [0.4, 0.5) is 14.0 Å². The average molecular weight is 841 g/mol. The molecule has 2 fully saturated rings. The minimum Gasteiger partial charge on any atom is -0.453 e. The monoisotopic (exact) mass is 840 g/mol. The first-order chi connectivity index (χ1) is 30.0. The summed E-state index contributed by atoms with van der Waals surface area (Å²) < 4.78 is 24.5. The first kappa shape index (κ1) is 41.7. The van der Waals surface area contributed by atoms with E-state index in [2.05, 4.69) is 62.0 Å². The maximum Gasteiger partial charge on any atom is 0.407 e. The van der Waals surface area contributed by atoms with Crippen molar-refractivity contribution in [3.63, 3.8) is 0 Å². The number of benzene rings is 4. The topological polar surface area (TPSA) is 175 Å². The maximum absolute atomic E-state index is 15.0. The van der Waals surface area contributed by atoms with Gasteiger partial charge in [0.05, 0.1) is 56.6 Å². The lowest BCUT2D eigenvalue weighted by Crippen LogP contribution is -2.51. The first-order valence-electron chi connectivity index (χ1n) is 20.7. The Labute approximate surface area is 358 Å². The summed E-state index contributed by atoms with van der Waals surface area (Å²) in [6, 6.07) is 26.8. The Morgan fingerprint density at radius 1 is 0.710 bits per heavy atom. The van der Waals surface area contributed by atoms with Crippen LogP contribution in [0.5, 0.6) is 0 Å². The summed E-state index contributed by atoms with van der Waals surface area (Å²) in [6.07, 6.45) is 2.51. The van der Waals surface area contributed by atoms with E-state index in [0.29, 0.717) is 23.8 Å². The highest BCUT2D eigenvalue weighted by Gasteiger charge is 2.42. The third-order valence-electron chi connectivity index (χ3n) is 11.8. The molecule has 4 amide bonds. The lowest BCUT2D eigenvalue weighted by Gasteiger charge is -2.30. The van der Waals surface area contributed by atoms with Gasteiger partial charge < -0.3 is 39.9 Å². The van der Waals surface area contributed by atoms with Crippen molar-refractivity contribution in [1.82, 2.24) is 40.4 Å². The van der Waals surface area contributed by atoms with Gasteiger partial charge in [-0.25, -0.2) is 23.9 Å². The van der Waals surface area contributed by atoms with Crippen LogP contribution < -0.4 is 10.6 Å². The molecular formula is C47H49FN8O6. The smallest absolute Gasteiger partial charge is 0.407 e. The molecule has 0 bridgehead atoms. The van der Waals surface area contributed by atoms with Gasteiger partial charge in [0, 0.05) is 18.5 Å². The van der Waals surface area contributed by atoms with Crippen LogP contribution in [-0.2, 0) is 19.1 Å². The molecular weight excluding hydrogens is 792 g/mol. The fourth-order valence-corrected chi connectivity index (χ4v) is 8.50. The molecule has 4 N–H and O–H groups in total. The van der Waals surface area contributed by atoms with Crippen molar-refractivity contribution in [3.8, 4) is 33.6 Å². The number of methoxy groups -OCH3 is 2. The van der Waals surface area contributed by atoms with Gasteiger partial charge in [-0.05, 0) is 63.9 Å². The number of alkyl halides is 1. The summed E-state index contributed by atoms with van der Waals surface area (Å²) in [5.74, 6) is 0.449. The third-order valence-corrected chi connectivity index (χ3v) is 11.8. The number of halogens is 1. The summed E-state index contributed by atoms with van der Waals surface area (Å²) in [4.78, 5) is 71.0. The minimum absolute atomic E-state index is 0.0724. The van der Waals surface area contributed by atoms with E-state index < -0.39 is 42.4 Å². The van der Waals surface area contributed by atoms with Gasteiger partial charge >= 0.3 is 12.2 Å². The minimum atomic E-state index is -1.26. The van der Waals surface area contributed by atoms with Gasteiger partial charge in [0.1, 0.15) is 29.9 Å². The van der Waals surface area contributed by atoms with E-state index in [-0.39, 0.29) is 30.8 Å². The molecule has 4 aromatic carbocycles. The summed E-state index contributed by atoms with van der Waals surface area (Å²) >= 11 is 0. The molecule has 2 aliphatic heterocycles. The van der Waals surface area contributed by atoms with Crippen molar-refractivity contribution >= 4 is 34.8 Å². The fourth-order valence-electron chi connectivity index (χ4n) is 8.50. The number of nitrogens with zero attached hydrogens (tertiary/aromatic N) is 4. The zero-order valence-corrected chi connectivity index (χ0v) is 34.9. The molecule has 2 aliphatic rings. The van der Waals surface area contributed by atoms with Crippen LogP contribution >= 0.6 is 0 Å². The summed E-state index contributed by atoms with van der Waals surface area (Å²) in [7, 11) is 2.51. The zero-order valence-electron chi connectivity index (χ0n) is 34.9. The number of ether oxygens (including phenoxy) is 2. The number of H-pyrrole nitrogens is 2. The molecule has 0 unspecified atom stereocenters. The van der Waals surface area contributed by atoms with Crippen molar-refractivity contribution in [2.24, 2.45) is 5.92 Å². The number of nitrogens with one attached hydrogen (secondary N) is 4. The van der Waals surface area contributed by atoms with Crippen LogP contribution in [0.3, 0.4) is 0 Å². The van der Waals surface area contributed by atoms with Crippen LogP contribution in [0, 0.1) is 5.92 Å². The van der Waals surface area contributed by atoms with E-state index in [9.17, 15) is 23.6 Å². The SMILES string of the molecule is COC(=O)N[C@H](C(=O)N1CCC[C@H]1c1ncc(-c2ccc3cc(-c4ccc(-c5cnc([C@@H]6C[C@@H](F)CN6C(=O)[C@H](NC(=O)OC)c6ccccc6)[nH]5)cc4)ccc3c2)[nH]1)C(C)C. The highest BCUT2D eigenvalue weighted by Crippen LogP contribution is 2.37. The maximum atomic E-state index is 15.0. The van der Waals surface area contributed by atoms with Crippen LogP contribution in [0.2, 0.25) is 0 Å². The molecule has 62 heavy (non-hydrogen) atoms. The molecule has 2 aromatic heterocycles. The fraction of sp³-hybridized carbons (Fsp3) is 0.319. The average Bonchev–Trinajstić information content (AvgIpc) is 4.14. The van der Waals surface area contributed by atoms with E-state index in [0.717, 1.165) is 57.3 Å². The number of hydrogen-bond acceptors (Lipinski definition) is 8. The molecule has 2 saturated heterocycles. The lowest BCUT2D eigenvalue weighted by molar-refractivity contribution is -0.136. The second-order valence-corrected chi connectivity index (χ2v) is 16.1. The predicted octanol–water partition coefficient (Wildman–Crippen LogP) is 8.04. The summed E-state index contributed by atoms with van der Waals surface area (Å²) in [5, 5.41) is 7.43. The van der Waals surface area contributed by atoms with E-state index in [1.807, 2.05) is 44.2 Å². The van der Waals surface area contributed by atoms with Crippen molar-refractivity contribution in [2.75, 3.05) is 27.3 Å². The van der Waals surface area contributed by atoms with Crippen LogP contribution in [0.1, 0.15) is 68.4 Å². The van der Waals surface area contributed by atoms with Crippen LogP contribution in [-0.4, -0.2) is 93.3 Å². The highest BCUT2D eigenvalue weighted by molar-refractivity contribution is 5.91. The standard InChI is InChI=1S/C47H49FN8O6/c1-27(2)40(53-46(59)61-3)44(57)55-20-8-11-38(55)42-49-25-37(52-42)34-19-18-32-21-31(16-17-33(32)22-34)28-12-14-29(15-13-28)36-24-50-43(51-36)39-23-35(48)26-56(39)45(58)41(54-47(60)62-4)30-9-6-5-7-10-30/h5-7,9-10,12-19,21-22,24-25,27,35,38-41H,8,11,20,23,26H2,1-4H3,(H,49,52)(H,50,51)(H,53,59)(H,54,60)/t35-,38+,39+,40+,41-/m1/s1. The number of amides is 4. The molecule has 6 aromatic rings. The lowest BCUT2D eigenvalue weighted by atomic mass is 9.98. The molecule has 0 saturated carbocycles. The second-order valence-electron chi connectivity index (χ2n) is 16.1. The Balaban J connectivity index is 0.950. The number of imidazole rings is 2.